The molecule has 1 saturated carbocycles. The quantitative estimate of drug-likeness (QED) is 0.840. The molecule has 0 saturated heterocycles. The Labute approximate surface area is 111 Å². The third-order valence-corrected chi connectivity index (χ3v) is 4.56. The van der Waals surface area contributed by atoms with Crippen molar-refractivity contribution in [3.8, 4) is 0 Å². The van der Waals surface area contributed by atoms with Gasteiger partial charge in [0.1, 0.15) is 0 Å². The van der Waals surface area contributed by atoms with Gasteiger partial charge in [-0.15, -0.1) is 0 Å². The largest absolute Gasteiger partial charge is 0.312 e. The minimum Gasteiger partial charge on any atom is -0.312 e. The monoisotopic (exact) mass is 249 g/mol. The molecule has 1 aromatic rings. The maximum absolute atomic E-state index is 4.49. The molecule has 0 bridgehead atoms. The van der Waals surface area contributed by atoms with E-state index in [0.717, 1.165) is 13.0 Å². The second-order valence-electron chi connectivity index (χ2n) is 5.79. The minimum atomic E-state index is 0.578. The molecule has 1 fully saturated rings. The Kier molecular flexibility index (Phi) is 4.44. The molecule has 2 rings (SSSR count). The van der Waals surface area contributed by atoms with Crippen LogP contribution in [0.3, 0.4) is 0 Å². The molecule has 0 unspecified atom stereocenters. The lowest BCUT2D eigenvalue weighted by Gasteiger charge is -2.27. The summed E-state index contributed by atoms with van der Waals surface area (Å²) in [7, 11) is 2.01. The highest BCUT2D eigenvalue weighted by Gasteiger charge is 2.31. The van der Waals surface area contributed by atoms with Crippen molar-refractivity contribution in [1.82, 2.24) is 15.1 Å². The van der Waals surface area contributed by atoms with E-state index >= 15 is 0 Å². The maximum atomic E-state index is 4.49. The molecule has 0 aromatic carbocycles. The summed E-state index contributed by atoms with van der Waals surface area (Å²) in [5.74, 6) is 0. The van der Waals surface area contributed by atoms with E-state index in [1.54, 1.807) is 0 Å². The summed E-state index contributed by atoms with van der Waals surface area (Å²) >= 11 is 0. The Morgan fingerprint density at radius 3 is 2.67 bits per heavy atom. The summed E-state index contributed by atoms with van der Waals surface area (Å²) in [6.07, 6.45) is 10.1. The first-order chi connectivity index (χ1) is 8.69. The van der Waals surface area contributed by atoms with E-state index in [4.69, 9.17) is 0 Å². The van der Waals surface area contributed by atoms with E-state index in [2.05, 4.69) is 30.5 Å². The SMILES string of the molecule is CCc1nn(C)cc1CNCC1(CC)CCCC1. The van der Waals surface area contributed by atoms with Crippen molar-refractivity contribution in [2.75, 3.05) is 6.54 Å². The van der Waals surface area contributed by atoms with Crippen molar-refractivity contribution in [2.24, 2.45) is 12.5 Å². The number of aromatic nitrogens is 2. The van der Waals surface area contributed by atoms with Crippen molar-refractivity contribution in [2.45, 2.75) is 58.9 Å². The van der Waals surface area contributed by atoms with E-state index in [1.165, 1.54) is 49.9 Å². The van der Waals surface area contributed by atoms with Crippen LogP contribution in [0.2, 0.25) is 0 Å². The van der Waals surface area contributed by atoms with E-state index < -0.39 is 0 Å². The number of nitrogens with zero attached hydrogens (tertiary/aromatic N) is 2. The first-order valence-corrected chi connectivity index (χ1v) is 7.41. The van der Waals surface area contributed by atoms with Crippen LogP contribution in [-0.2, 0) is 20.0 Å². The van der Waals surface area contributed by atoms with Crippen LogP contribution in [0.15, 0.2) is 6.20 Å². The highest BCUT2D eigenvalue weighted by molar-refractivity contribution is 5.16. The fourth-order valence-corrected chi connectivity index (χ4v) is 3.27. The second-order valence-corrected chi connectivity index (χ2v) is 5.79. The fourth-order valence-electron chi connectivity index (χ4n) is 3.27. The van der Waals surface area contributed by atoms with Crippen LogP contribution < -0.4 is 5.32 Å². The number of aryl methyl sites for hydroxylation is 2. The van der Waals surface area contributed by atoms with Crippen LogP contribution in [0, 0.1) is 5.41 Å². The summed E-state index contributed by atoms with van der Waals surface area (Å²) in [5.41, 5.74) is 3.18. The van der Waals surface area contributed by atoms with E-state index in [1.807, 2.05) is 11.7 Å². The number of rotatable bonds is 6. The molecule has 0 atom stereocenters. The lowest BCUT2D eigenvalue weighted by Crippen LogP contribution is -2.31. The molecule has 0 aliphatic heterocycles. The Morgan fingerprint density at radius 1 is 1.33 bits per heavy atom. The van der Waals surface area contributed by atoms with Gasteiger partial charge in [-0.2, -0.15) is 5.10 Å². The molecule has 3 heteroatoms. The van der Waals surface area contributed by atoms with Crippen LogP contribution in [-0.4, -0.2) is 16.3 Å². The normalized spacial score (nSPS) is 18.4. The predicted molar refractivity (Wildman–Crippen MR) is 75.5 cm³/mol. The summed E-state index contributed by atoms with van der Waals surface area (Å²) < 4.78 is 1.93. The highest BCUT2D eigenvalue weighted by atomic mass is 15.3. The van der Waals surface area contributed by atoms with Gasteiger partial charge < -0.3 is 5.32 Å². The van der Waals surface area contributed by atoms with E-state index in [0.29, 0.717) is 5.41 Å². The summed E-state index contributed by atoms with van der Waals surface area (Å²) in [5, 5.41) is 8.16. The fraction of sp³-hybridized carbons (Fsp3) is 0.800. The predicted octanol–water partition coefficient (Wildman–Crippen LogP) is 3.04. The van der Waals surface area contributed by atoms with Gasteiger partial charge in [-0.3, -0.25) is 4.68 Å². The highest BCUT2D eigenvalue weighted by Crippen LogP contribution is 2.40. The molecule has 0 amide bonds. The van der Waals surface area contributed by atoms with Gasteiger partial charge in [-0.25, -0.2) is 0 Å². The maximum Gasteiger partial charge on any atom is 0.0666 e. The molecule has 1 heterocycles. The molecule has 1 aliphatic rings. The van der Waals surface area contributed by atoms with Crippen LogP contribution in [0.1, 0.15) is 57.2 Å². The van der Waals surface area contributed by atoms with E-state index in [-0.39, 0.29) is 0 Å². The van der Waals surface area contributed by atoms with Crippen molar-refractivity contribution in [3.05, 3.63) is 17.5 Å². The van der Waals surface area contributed by atoms with Crippen LogP contribution in [0.4, 0.5) is 0 Å². The number of nitrogens with one attached hydrogen (secondary N) is 1. The Hall–Kier alpha value is -0.830. The van der Waals surface area contributed by atoms with Crippen molar-refractivity contribution in [1.29, 1.82) is 0 Å². The van der Waals surface area contributed by atoms with Gasteiger partial charge in [0.05, 0.1) is 5.69 Å². The Morgan fingerprint density at radius 2 is 2.06 bits per heavy atom. The van der Waals surface area contributed by atoms with Gasteiger partial charge >= 0.3 is 0 Å². The molecule has 18 heavy (non-hydrogen) atoms. The Bertz CT molecular complexity index is 375. The number of hydrogen-bond donors (Lipinski definition) is 1. The molecule has 0 spiro atoms. The first kappa shape index (κ1) is 13.6. The van der Waals surface area contributed by atoms with Gasteiger partial charge in [-0.1, -0.05) is 26.7 Å². The lowest BCUT2D eigenvalue weighted by molar-refractivity contribution is 0.268. The zero-order valence-corrected chi connectivity index (χ0v) is 12.1. The van der Waals surface area contributed by atoms with Crippen LogP contribution in [0.5, 0.6) is 0 Å². The average molecular weight is 249 g/mol. The number of hydrogen-bond acceptors (Lipinski definition) is 2. The van der Waals surface area contributed by atoms with Gasteiger partial charge in [0.2, 0.25) is 0 Å². The standard InChI is InChI=1S/C15H27N3/c1-4-14-13(11-18(3)17-14)10-16-12-15(5-2)8-6-7-9-15/h11,16H,4-10,12H2,1-3H3. The lowest BCUT2D eigenvalue weighted by atomic mass is 9.83. The van der Waals surface area contributed by atoms with Crippen molar-refractivity contribution >= 4 is 0 Å². The van der Waals surface area contributed by atoms with Gasteiger partial charge in [0.25, 0.3) is 0 Å². The summed E-state index contributed by atoms with van der Waals surface area (Å²) in [4.78, 5) is 0. The van der Waals surface area contributed by atoms with Gasteiger partial charge in [0.15, 0.2) is 0 Å². The van der Waals surface area contributed by atoms with E-state index in [9.17, 15) is 0 Å². The molecule has 1 N–H and O–H groups in total. The molecular weight excluding hydrogens is 222 g/mol. The third kappa shape index (κ3) is 2.94. The molecule has 3 nitrogen and oxygen atoms in total. The third-order valence-electron chi connectivity index (χ3n) is 4.56. The first-order valence-electron chi connectivity index (χ1n) is 7.41. The smallest absolute Gasteiger partial charge is 0.0666 e. The van der Waals surface area contributed by atoms with Crippen LogP contribution in [0.25, 0.3) is 0 Å². The molecule has 102 valence electrons. The average Bonchev–Trinajstić information content (AvgIpc) is 2.97. The summed E-state index contributed by atoms with van der Waals surface area (Å²) in [6, 6.07) is 0. The molecule has 1 aliphatic carbocycles. The van der Waals surface area contributed by atoms with Crippen LogP contribution >= 0.6 is 0 Å². The molecule has 1 aromatic heterocycles. The van der Waals surface area contributed by atoms with Crippen molar-refractivity contribution < 1.29 is 0 Å². The summed E-state index contributed by atoms with van der Waals surface area (Å²) in [6.45, 7) is 6.66. The molecular formula is C15H27N3. The zero-order valence-electron chi connectivity index (χ0n) is 12.1. The Balaban J connectivity index is 1.87. The zero-order chi connectivity index (χ0) is 13.0. The van der Waals surface area contributed by atoms with Crippen molar-refractivity contribution in [3.63, 3.8) is 0 Å². The molecule has 0 radical (unpaired) electrons. The van der Waals surface area contributed by atoms with Gasteiger partial charge in [-0.05, 0) is 31.1 Å². The minimum absolute atomic E-state index is 0.578. The van der Waals surface area contributed by atoms with Gasteiger partial charge in [0, 0.05) is 31.9 Å². The second kappa shape index (κ2) is 5.87. The topological polar surface area (TPSA) is 29.9 Å².